The Labute approximate surface area is 70.4 Å². The van der Waals surface area contributed by atoms with Crippen molar-refractivity contribution in [1.29, 1.82) is 0 Å². The highest BCUT2D eigenvalue weighted by atomic mass is 79.9. The third-order valence-corrected chi connectivity index (χ3v) is 2.19. The molecule has 0 fully saturated rings. The largest absolute Gasteiger partial charge is 0.127 e. The monoisotopic (exact) mass is 210 g/mol. The Morgan fingerprint density at radius 2 is 2.33 bits per heavy atom. The number of hydrogen-bond donors (Lipinski definition) is 0. The van der Waals surface area contributed by atoms with E-state index in [0.29, 0.717) is 0 Å². The molecule has 0 aromatic rings. The van der Waals surface area contributed by atoms with E-state index in [1.54, 1.807) is 0 Å². The Balaban J connectivity index is 3.21. The summed E-state index contributed by atoms with van der Waals surface area (Å²) in [4.78, 5) is 0. The minimum Gasteiger partial charge on any atom is -0.127 e. The van der Waals surface area contributed by atoms with Crippen molar-refractivity contribution in [3.05, 3.63) is 11.6 Å². The van der Waals surface area contributed by atoms with Gasteiger partial charge in [0, 0.05) is 11.2 Å². The summed E-state index contributed by atoms with van der Waals surface area (Å²) in [5.74, 6) is 0.770. The molecule has 0 aliphatic rings. The van der Waals surface area contributed by atoms with Gasteiger partial charge < -0.3 is 0 Å². The highest BCUT2D eigenvalue weighted by molar-refractivity contribution is 9.09. The van der Waals surface area contributed by atoms with Crippen molar-refractivity contribution >= 4 is 27.5 Å². The van der Waals surface area contributed by atoms with E-state index in [1.807, 2.05) is 0 Å². The van der Waals surface area contributed by atoms with E-state index < -0.39 is 0 Å². The van der Waals surface area contributed by atoms with E-state index in [-0.39, 0.29) is 0 Å². The van der Waals surface area contributed by atoms with Crippen molar-refractivity contribution in [3.63, 3.8) is 0 Å². The Morgan fingerprint density at radius 1 is 1.67 bits per heavy atom. The summed E-state index contributed by atoms with van der Waals surface area (Å²) in [5, 5.41) is 0.981. The zero-order chi connectivity index (χ0) is 7.11. The SMILES string of the molecule is C/C(=C\CCCCl)CBr. The third kappa shape index (κ3) is 6.39. The number of halogens is 2. The third-order valence-electron chi connectivity index (χ3n) is 1.04. The number of hydrogen-bond acceptors (Lipinski definition) is 0. The summed E-state index contributed by atoms with van der Waals surface area (Å²) in [6.07, 6.45) is 4.42. The molecule has 0 saturated carbocycles. The molecule has 0 aliphatic heterocycles. The van der Waals surface area contributed by atoms with Gasteiger partial charge in [0.1, 0.15) is 0 Å². The van der Waals surface area contributed by atoms with Crippen LogP contribution in [0.1, 0.15) is 19.8 Å². The van der Waals surface area contributed by atoms with Gasteiger partial charge in [-0.05, 0) is 19.8 Å². The molecule has 9 heavy (non-hydrogen) atoms. The lowest BCUT2D eigenvalue weighted by Gasteiger charge is -1.91. The molecule has 54 valence electrons. The van der Waals surface area contributed by atoms with Crippen LogP contribution >= 0.6 is 27.5 Å². The Kier molecular flexibility index (Phi) is 7.00. The van der Waals surface area contributed by atoms with Crippen molar-refractivity contribution in [2.24, 2.45) is 0 Å². The number of rotatable bonds is 4. The first-order valence-electron chi connectivity index (χ1n) is 3.08. The summed E-state index contributed by atoms with van der Waals surface area (Å²) in [6, 6.07) is 0. The summed E-state index contributed by atoms with van der Waals surface area (Å²) < 4.78 is 0. The molecule has 0 heterocycles. The molecule has 0 aliphatic carbocycles. The summed E-state index contributed by atoms with van der Waals surface area (Å²) in [7, 11) is 0. The Morgan fingerprint density at radius 3 is 2.78 bits per heavy atom. The van der Waals surface area contributed by atoms with Crippen molar-refractivity contribution in [2.45, 2.75) is 19.8 Å². The molecular formula is C7H12BrCl. The van der Waals surface area contributed by atoms with Crippen LogP contribution in [-0.2, 0) is 0 Å². The van der Waals surface area contributed by atoms with E-state index in [9.17, 15) is 0 Å². The maximum absolute atomic E-state index is 5.49. The molecule has 0 aromatic carbocycles. The van der Waals surface area contributed by atoms with Crippen LogP contribution in [0.5, 0.6) is 0 Å². The highest BCUT2D eigenvalue weighted by Crippen LogP contribution is 2.01. The van der Waals surface area contributed by atoms with Gasteiger partial charge in [-0.15, -0.1) is 11.6 Å². The van der Waals surface area contributed by atoms with Crippen LogP contribution in [0, 0.1) is 0 Å². The molecule has 0 saturated heterocycles. The van der Waals surface area contributed by atoms with Gasteiger partial charge in [-0.1, -0.05) is 27.6 Å². The normalized spacial score (nSPS) is 12.1. The molecule has 0 nitrogen and oxygen atoms in total. The van der Waals surface area contributed by atoms with Crippen LogP contribution in [0.15, 0.2) is 11.6 Å². The van der Waals surface area contributed by atoms with E-state index in [2.05, 4.69) is 28.9 Å². The van der Waals surface area contributed by atoms with Crippen LogP contribution in [-0.4, -0.2) is 11.2 Å². The van der Waals surface area contributed by atoms with Gasteiger partial charge in [-0.3, -0.25) is 0 Å². The van der Waals surface area contributed by atoms with Crippen LogP contribution < -0.4 is 0 Å². The minimum absolute atomic E-state index is 0.770. The van der Waals surface area contributed by atoms with Crippen molar-refractivity contribution in [3.8, 4) is 0 Å². The number of unbranched alkanes of at least 4 members (excludes halogenated alkanes) is 1. The fourth-order valence-corrected chi connectivity index (χ4v) is 0.863. The molecule has 0 atom stereocenters. The average Bonchev–Trinajstić information content (AvgIpc) is 1.89. The Bertz CT molecular complexity index is 88.9. The van der Waals surface area contributed by atoms with E-state index >= 15 is 0 Å². The lowest BCUT2D eigenvalue weighted by Crippen LogP contribution is -1.77. The van der Waals surface area contributed by atoms with Gasteiger partial charge in [0.2, 0.25) is 0 Å². The fourth-order valence-electron chi connectivity index (χ4n) is 0.480. The second-order valence-corrected chi connectivity index (χ2v) is 2.95. The first-order valence-corrected chi connectivity index (χ1v) is 4.74. The molecular weight excluding hydrogens is 199 g/mol. The smallest absolute Gasteiger partial charge is 0.0239 e. The molecule has 0 rings (SSSR count). The zero-order valence-electron chi connectivity index (χ0n) is 5.66. The molecule has 0 unspecified atom stereocenters. The van der Waals surface area contributed by atoms with E-state index in [4.69, 9.17) is 11.6 Å². The maximum Gasteiger partial charge on any atom is 0.0239 e. The molecule has 0 N–H and O–H groups in total. The highest BCUT2D eigenvalue weighted by Gasteiger charge is 1.83. The molecule has 2 heteroatoms. The quantitative estimate of drug-likeness (QED) is 0.380. The van der Waals surface area contributed by atoms with Crippen LogP contribution in [0.2, 0.25) is 0 Å². The first-order chi connectivity index (χ1) is 4.31. The fraction of sp³-hybridized carbons (Fsp3) is 0.714. The summed E-state index contributed by atoms with van der Waals surface area (Å²) in [5.41, 5.74) is 1.39. The molecule has 0 aromatic heterocycles. The van der Waals surface area contributed by atoms with Crippen LogP contribution in [0.4, 0.5) is 0 Å². The second-order valence-electron chi connectivity index (χ2n) is 2.02. The van der Waals surface area contributed by atoms with Gasteiger partial charge in [-0.2, -0.15) is 0 Å². The lowest BCUT2D eigenvalue weighted by molar-refractivity contribution is 0.957. The molecule has 0 radical (unpaired) electrons. The topological polar surface area (TPSA) is 0 Å². The standard InChI is InChI=1S/C7H12BrCl/c1-7(6-8)4-2-3-5-9/h4H,2-3,5-6H2,1H3/b7-4+. The first kappa shape index (κ1) is 9.51. The van der Waals surface area contributed by atoms with Crippen molar-refractivity contribution in [2.75, 3.05) is 11.2 Å². The second kappa shape index (κ2) is 6.63. The van der Waals surface area contributed by atoms with Gasteiger partial charge in [0.25, 0.3) is 0 Å². The lowest BCUT2D eigenvalue weighted by atomic mass is 10.2. The Hall–Kier alpha value is 0.510. The van der Waals surface area contributed by atoms with E-state index in [0.717, 1.165) is 24.1 Å². The van der Waals surface area contributed by atoms with E-state index in [1.165, 1.54) is 5.57 Å². The predicted octanol–water partition coefficient (Wildman–Crippen LogP) is 3.35. The van der Waals surface area contributed by atoms with Crippen LogP contribution in [0.25, 0.3) is 0 Å². The van der Waals surface area contributed by atoms with Gasteiger partial charge in [-0.25, -0.2) is 0 Å². The van der Waals surface area contributed by atoms with Gasteiger partial charge >= 0.3 is 0 Å². The molecule has 0 spiro atoms. The molecule has 0 amide bonds. The zero-order valence-corrected chi connectivity index (χ0v) is 8.00. The summed E-state index contributed by atoms with van der Waals surface area (Å²) >= 11 is 8.85. The summed E-state index contributed by atoms with van der Waals surface area (Å²) in [6.45, 7) is 2.11. The predicted molar refractivity (Wildman–Crippen MR) is 47.5 cm³/mol. The molecule has 0 bridgehead atoms. The number of allylic oxidation sites excluding steroid dienone is 2. The maximum atomic E-state index is 5.49. The van der Waals surface area contributed by atoms with Gasteiger partial charge in [0.05, 0.1) is 0 Å². The minimum atomic E-state index is 0.770. The number of alkyl halides is 2. The average molecular weight is 212 g/mol. The van der Waals surface area contributed by atoms with Crippen molar-refractivity contribution < 1.29 is 0 Å². The van der Waals surface area contributed by atoms with Gasteiger partial charge in [0.15, 0.2) is 0 Å². The van der Waals surface area contributed by atoms with Crippen molar-refractivity contribution in [1.82, 2.24) is 0 Å². The van der Waals surface area contributed by atoms with Crippen LogP contribution in [0.3, 0.4) is 0 Å².